The number of nitrogens with zero attached hydrogens (tertiary/aromatic N) is 4. The maximum Gasteiger partial charge on any atom is 0.169 e. The Morgan fingerprint density at radius 1 is 0.564 bits per heavy atom. The fourth-order valence-corrected chi connectivity index (χ4v) is 6.19. The van der Waals surface area contributed by atoms with Gasteiger partial charge in [-0.3, -0.25) is 4.40 Å². The molecule has 0 aliphatic carbocycles. The zero-order chi connectivity index (χ0) is 25.9. The van der Waals surface area contributed by atoms with E-state index < -0.39 is 0 Å². The summed E-state index contributed by atoms with van der Waals surface area (Å²) < 4.78 is 4.57. The Morgan fingerprint density at radius 2 is 1.21 bits per heavy atom. The maximum absolute atomic E-state index is 4.72. The highest BCUT2D eigenvalue weighted by molar-refractivity contribution is 6.12. The van der Waals surface area contributed by atoms with Crippen LogP contribution in [0.3, 0.4) is 0 Å². The van der Waals surface area contributed by atoms with Gasteiger partial charge < -0.3 is 4.57 Å². The molecule has 8 aromatic rings. The molecule has 39 heavy (non-hydrogen) atoms. The molecule has 3 aromatic heterocycles. The Kier molecular flexibility index (Phi) is 4.83. The molecule has 3 heterocycles. The zero-order valence-electron chi connectivity index (χ0n) is 21.7. The second kappa shape index (κ2) is 8.53. The van der Waals surface area contributed by atoms with Gasteiger partial charge in [-0.05, 0) is 65.9 Å². The number of pyridine rings is 1. The van der Waals surface area contributed by atoms with Crippen molar-refractivity contribution in [3.05, 3.63) is 121 Å². The van der Waals surface area contributed by atoms with Crippen molar-refractivity contribution in [3.8, 4) is 17.1 Å². The van der Waals surface area contributed by atoms with Gasteiger partial charge in [0.25, 0.3) is 0 Å². The monoisotopic (exact) mass is 502 g/mol. The smallest absolute Gasteiger partial charge is 0.169 e. The predicted octanol–water partition coefficient (Wildman–Crippen LogP) is 8.75. The second-order valence-corrected chi connectivity index (χ2v) is 10.2. The van der Waals surface area contributed by atoms with Gasteiger partial charge in [-0.15, -0.1) is 10.2 Å². The van der Waals surface area contributed by atoms with E-state index in [0.29, 0.717) is 0 Å². The molecule has 5 aromatic carbocycles. The van der Waals surface area contributed by atoms with Crippen molar-refractivity contribution >= 4 is 49.1 Å². The van der Waals surface area contributed by atoms with Gasteiger partial charge in [0.05, 0.1) is 16.6 Å². The molecule has 4 nitrogen and oxygen atoms in total. The number of hydrogen-bond acceptors (Lipinski definition) is 2. The molecule has 4 heteroatoms. The molecule has 0 saturated heterocycles. The summed E-state index contributed by atoms with van der Waals surface area (Å²) in [5, 5.41) is 15.5. The SMILES string of the molecule is CCCc1ccc2c(c1)c1ccccc1c1nnc(-c3ccc(-n4c5ccccc5c5ccccc54)cc3)n21. The van der Waals surface area contributed by atoms with Crippen LogP contribution in [0.5, 0.6) is 0 Å². The van der Waals surface area contributed by atoms with E-state index >= 15 is 0 Å². The van der Waals surface area contributed by atoms with Crippen molar-refractivity contribution in [1.82, 2.24) is 19.2 Å². The Morgan fingerprint density at radius 3 is 1.90 bits per heavy atom. The number of para-hydroxylation sites is 2. The normalized spacial score (nSPS) is 11.9. The lowest BCUT2D eigenvalue weighted by atomic mass is 10.0. The third-order valence-electron chi connectivity index (χ3n) is 7.93. The summed E-state index contributed by atoms with van der Waals surface area (Å²) in [5.74, 6) is 0.859. The van der Waals surface area contributed by atoms with Crippen LogP contribution >= 0.6 is 0 Å². The first-order chi connectivity index (χ1) is 19.3. The van der Waals surface area contributed by atoms with Crippen LogP contribution in [0.4, 0.5) is 0 Å². The van der Waals surface area contributed by atoms with Crippen molar-refractivity contribution < 1.29 is 0 Å². The van der Waals surface area contributed by atoms with Crippen molar-refractivity contribution in [3.63, 3.8) is 0 Å². The van der Waals surface area contributed by atoms with Gasteiger partial charge in [0, 0.05) is 32.8 Å². The molecule has 0 spiro atoms. The van der Waals surface area contributed by atoms with Crippen molar-refractivity contribution in [2.75, 3.05) is 0 Å². The third-order valence-corrected chi connectivity index (χ3v) is 7.93. The summed E-state index contributed by atoms with van der Waals surface area (Å²) in [5.41, 5.74) is 7.97. The summed E-state index contributed by atoms with van der Waals surface area (Å²) in [6, 6.07) is 41.3. The van der Waals surface area contributed by atoms with Gasteiger partial charge in [-0.1, -0.05) is 80.1 Å². The number of hydrogen-bond donors (Lipinski definition) is 0. The Hall–Kier alpha value is -4.96. The molecule has 0 N–H and O–H groups in total. The highest BCUT2D eigenvalue weighted by atomic mass is 15.2. The first-order valence-electron chi connectivity index (χ1n) is 13.6. The van der Waals surface area contributed by atoms with E-state index in [1.807, 2.05) is 0 Å². The summed E-state index contributed by atoms with van der Waals surface area (Å²) in [4.78, 5) is 0. The third kappa shape index (κ3) is 3.25. The van der Waals surface area contributed by atoms with Gasteiger partial charge >= 0.3 is 0 Å². The molecule has 0 saturated carbocycles. The van der Waals surface area contributed by atoms with Gasteiger partial charge in [0.2, 0.25) is 0 Å². The zero-order valence-corrected chi connectivity index (χ0v) is 21.7. The Balaban J connectivity index is 1.34. The second-order valence-electron chi connectivity index (χ2n) is 10.2. The van der Waals surface area contributed by atoms with E-state index in [1.165, 1.54) is 38.1 Å². The first kappa shape index (κ1) is 22.1. The van der Waals surface area contributed by atoms with Crippen LogP contribution in [0.2, 0.25) is 0 Å². The first-order valence-corrected chi connectivity index (χ1v) is 13.6. The van der Waals surface area contributed by atoms with E-state index in [9.17, 15) is 0 Å². The molecule has 0 fully saturated rings. The van der Waals surface area contributed by atoms with Crippen molar-refractivity contribution in [1.29, 1.82) is 0 Å². The number of aromatic nitrogens is 4. The molecule has 8 rings (SSSR count). The topological polar surface area (TPSA) is 35.1 Å². The quantitative estimate of drug-likeness (QED) is 0.226. The van der Waals surface area contributed by atoms with Gasteiger partial charge in [-0.2, -0.15) is 0 Å². The lowest BCUT2D eigenvalue weighted by molar-refractivity contribution is 0.923. The molecule has 0 amide bonds. The fourth-order valence-electron chi connectivity index (χ4n) is 6.19. The van der Waals surface area contributed by atoms with Crippen LogP contribution in [0, 0.1) is 0 Å². The van der Waals surface area contributed by atoms with Crippen LogP contribution in [-0.2, 0) is 6.42 Å². The summed E-state index contributed by atoms with van der Waals surface area (Å²) in [7, 11) is 0. The summed E-state index contributed by atoms with van der Waals surface area (Å²) >= 11 is 0. The highest BCUT2D eigenvalue weighted by Gasteiger charge is 2.17. The lowest BCUT2D eigenvalue weighted by Gasteiger charge is -2.12. The average Bonchev–Trinajstić information content (AvgIpc) is 3.58. The van der Waals surface area contributed by atoms with E-state index in [4.69, 9.17) is 10.2 Å². The number of rotatable bonds is 4. The average molecular weight is 503 g/mol. The highest BCUT2D eigenvalue weighted by Crippen LogP contribution is 2.35. The van der Waals surface area contributed by atoms with Crippen LogP contribution < -0.4 is 0 Å². The standard InChI is InChI=1S/C35H26N4/c1-2-9-23-16-21-33-30(22-23)26-10-3-4-13-29(26)35-37-36-34(39(33)35)24-17-19-25(20-18-24)38-31-14-7-5-11-27(31)28-12-6-8-15-32(28)38/h3-8,10-22H,2,9H2,1H3. The van der Waals surface area contributed by atoms with E-state index in [0.717, 1.165) is 46.5 Å². The molecule has 0 aliphatic heterocycles. The number of fused-ring (bicyclic) bond motifs is 9. The van der Waals surface area contributed by atoms with E-state index in [1.54, 1.807) is 0 Å². The van der Waals surface area contributed by atoms with Crippen molar-refractivity contribution in [2.45, 2.75) is 19.8 Å². The number of aryl methyl sites for hydroxylation is 1. The van der Waals surface area contributed by atoms with E-state index in [-0.39, 0.29) is 0 Å². The minimum atomic E-state index is 0.859. The molecular weight excluding hydrogens is 476 g/mol. The Labute approximate surface area is 225 Å². The molecule has 0 unspecified atom stereocenters. The van der Waals surface area contributed by atoms with Crippen LogP contribution in [0.1, 0.15) is 18.9 Å². The van der Waals surface area contributed by atoms with E-state index in [2.05, 4.69) is 131 Å². The number of benzene rings is 5. The van der Waals surface area contributed by atoms with Gasteiger partial charge in [0.1, 0.15) is 0 Å². The molecule has 186 valence electrons. The largest absolute Gasteiger partial charge is 0.309 e. The molecular formula is C35H26N4. The van der Waals surface area contributed by atoms with Crippen LogP contribution in [-0.4, -0.2) is 19.2 Å². The molecule has 0 atom stereocenters. The summed E-state index contributed by atoms with van der Waals surface area (Å²) in [6.07, 6.45) is 2.20. The van der Waals surface area contributed by atoms with Crippen LogP contribution in [0.25, 0.3) is 66.2 Å². The van der Waals surface area contributed by atoms with Gasteiger partial charge in [-0.25, -0.2) is 0 Å². The summed E-state index contributed by atoms with van der Waals surface area (Å²) in [6.45, 7) is 2.23. The lowest BCUT2D eigenvalue weighted by Crippen LogP contribution is -1.97. The molecule has 0 bridgehead atoms. The Bertz CT molecular complexity index is 2130. The van der Waals surface area contributed by atoms with Gasteiger partial charge in [0.15, 0.2) is 11.5 Å². The minimum absolute atomic E-state index is 0.859. The maximum atomic E-state index is 4.72. The minimum Gasteiger partial charge on any atom is -0.309 e. The van der Waals surface area contributed by atoms with Crippen molar-refractivity contribution in [2.24, 2.45) is 0 Å². The molecule has 0 aliphatic rings. The predicted molar refractivity (Wildman–Crippen MR) is 162 cm³/mol. The fraction of sp³-hybridized carbons (Fsp3) is 0.0857. The molecule has 0 radical (unpaired) electrons. The van der Waals surface area contributed by atoms with Crippen LogP contribution in [0.15, 0.2) is 115 Å².